The van der Waals surface area contributed by atoms with E-state index in [9.17, 15) is 13.2 Å². The average Bonchev–Trinajstić information content (AvgIpc) is 2.93. The monoisotopic (exact) mass is 353 g/mol. The molecule has 7 nitrogen and oxygen atoms in total. The maximum atomic E-state index is 12.3. The summed E-state index contributed by atoms with van der Waals surface area (Å²) in [6.45, 7) is 2.71. The van der Waals surface area contributed by atoms with Gasteiger partial charge >= 0.3 is 6.03 Å². The number of anilines is 1. The first-order valence-electron chi connectivity index (χ1n) is 8.12. The molecule has 2 aliphatic rings. The Balaban J connectivity index is 1.52. The SMILES string of the molecule is COc1cccc(N2CCN(C(=O)NC3CCS(=O)(=O)C3)CC2)c1. The minimum atomic E-state index is -2.98. The number of methoxy groups -OCH3 is 1. The van der Waals surface area contributed by atoms with Crippen molar-refractivity contribution in [2.75, 3.05) is 49.7 Å². The molecule has 0 saturated carbocycles. The van der Waals surface area contributed by atoms with Gasteiger partial charge in [0.2, 0.25) is 0 Å². The summed E-state index contributed by atoms with van der Waals surface area (Å²) in [5, 5.41) is 2.85. The molecule has 0 spiro atoms. The second-order valence-corrected chi connectivity index (χ2v) is 8.45. The van der Waals surface area contributed by atoms with Crippen LogP contribution < -0.4 is 15.0 Å². The fraction of sp³-hybridized carbons (Fsp3) is 0.562. The third-order valence-electron chi connectivity index (χ3n) is 4.55. The zero-order valence-electron chi connectivity index (χ0n) is 13.8. The lowest BCUT2D eigenvalue weighted by Gasteiger charge is -2.36. The summed E-state index contributed by atoms with van der Waals surface area (Å²) >= 11 is 0. The number of nitrogens with zero attached hydrogens (tertiary/aromatic N) is 2. The van der Waals surface area contributed by atoms with Gasteiger partial charge in [0, 0.05) is 44.0 Å². The third kappa shape index (κ3) is 3.92. The number of sulfone groups is 1. The van der Waals surface area contributed by atoms with Crippen LogP contribution in [-0.4, -0.2) is 70.2 Å². The maximum absolute atomic E-state index is 12.3. The second kappa shape index (κ2) is 6.88. The third-order valence-corrected chi connectivity index (χ3v) is 6.31. The molecule has 8 heteroatoms. The number of carbonyl (C=O) groups is 1. The van der Waals surface area contributed by atoms with E-state index in [1.165, 1.54) is 0 Å². The van der Waals surface area contributed by atoms with Crippen LogP contribution in [0.5, 0.6) is 5.75 Å². The number of hydrogen-bond acceptors (Lipinski definition) is 5. The largest absolute Gasteiger partial charge is 0.497 e. The summed E-state index contributed by atoms with van der Waals surface area (Å²) in [6, 6.07) is 7.46. The van der Waals surface area contributed by atoms with Crippen LogP contribution in [0.1, 0.15) is 6.42 Å². The topological polar surface area (TPSA) is 79.0 Å². The van der Waals surface area contributed by atoms with Crippen molar-refractivity contribution in [1.29, 1.82) is 0 Å². The zero-order valence-corrected chi connectivity index (χ0v) is 14.6. The van der Waals surface area contributed by atoms with Crippen molar-refractivity contribution in [2.45, 2.75) is 12.5 Å². The minimum absolute atomic E-state index is 0.0581. The van der Waals surface area contributed by atoms with Gasteiger partial charge in [0.1, 0.15) is 5.75 Å². The Morgan fingerprint density at radius 2 is 2.00 bits per heavy atom. The van der Waals surface area contributed by atoms with Crippen molar-refractivity contribution < 1.29 is 17.9 Å². The van der Waals surface area contributed by atoms with E-state index in [1.807, 2.05) is 24.3 Å². The molecule has 24 heavy (non-hydrogen) atoms. The fourth-order valence-electron chi connectivity index (χ4n) is 3.15. The predicted molar refractivity (Wildman–Crippen MR) is 92.4 cm³/mol. The molecule has 3 rings (SSSR count). The molecule has 132 valence electrons. The molecule has 0 radical (unpaired) electrons. The van der Waals surface area contributed by atoms with Gasteiger partial charge in [0.15, 0.2) is 9.84 Å². The first-order valence-corrected chi connectivity index (χ1v) is 9.94. The van der Waals surface area contributed by atoms with Crippen LogP contribution in [0.15, 0.2) is 24.3 Å². The van der Waals surface area contributed by atoms with E-state index in [1.54, 1.807) is 12.0 Å². The van der Waals surface area contributed by atoms with E-state index >= 15 is 0 Å². The van der Waals surface area contributed by atoms with Gasteiger partial charge in [0.25, 0.3) is 0 Å². The highest BCUT2D eigenvalue weighted by atomic mass is 32.2. The van der Waals surface area contributed by atoms with Crippen LogP contribution in [0.3, 0.4) is 0 Å². The fourth-order valence-corrected chi connectivity index (χ4v) is 4.82. The smallest absolute Gasteiger partial charge is 0.317 e. The molecule has 0 aliphatic carbocycles. The maximum Gasteiger partial charge on any atom is 0.317 e. The van der Waals surface area contributed by atoms with Crippen molar-refractivity contribution in [3.05, 3.63) is 24.3 Å². The van der Waals surface area contributed by atoms with E-state index < -0.39 is 9.84 Å². The van der Waals surface area contributed by atoms with E-state index in [-0.39, 0.29) is 23.6 Å². The van der Waals surface area contributed by atoms with Gasteiger partial charge in [-0.3, -0.25) is 0 Å². The average molecular weight is 353 g/mol. The number of ether oxygens (including phenoxy) is 1. The number of carbonyl (C=O) groups excluding carboxylic acids is 1. The van der Waals surface area contributed by atoms with Crippen molar-refractivity contribution in [2.24, 2.45) is 0 Å². The Labute approximate surface area is 142 Å². The standard InChI is InChI=1S/C16H23N3O4S/c1-23-15-4-2-3-14(11-15)18-6-8-19(9-7-18)16(20)17-13-5-10-24(21,22)12-13/h2-4,11,13H,5-10,12H2,1H3,(H,17,20). The molecule has 2 amide bonds. The van der Waals surface area contributed by atoms with Crippen molar-refractivity contribution in [1.82, 2.24) is 10.2 Å². The Hall–Kier alpha value is -1.96. The lowest BCUT2D eigenvalue weighted by molar-refractivity contribution is 0.191. The Kier molecular flexibility index (Phi) is 4.84. The number of rotatable bonds is 3. The summed E-state index contributed by atoms with van der Waals surface area (Å²) in [5.74, 6) is 1.04. The molecule has 2 fully saturated rings. The Morgan fingerprint density at radius 3 is 2.62 bits per heavy atom. The van der Waals surface area contributed by atoms with Gasteiger partial charge in [-0.2, -0.15) is 0 Å². The molecule has 2 saturated heterocycles. The van der Waals surface area contributed by atoms with Gasteiger partial charge < -0.3 is 19.9 Å². The molecule has 0 aromatic heterocycles. The van der Waals surface area contributed by atoms with Gasteiger partial charge in [-0.15, -0.1) is 0 Å². The van der Waals surface area contributed by atoms with E-state index in [0.717, 1.165) is 24.5 Å². The van der Waals surface area contributed by atoms with Crippen molar-refractivity contribution in [3.63, 3.8) is 0 Å². The summed E-state index contributed by atoms with van der Waals surface area (Å²) in [5.41, 5.74) is 1.08. The number of piperazine rings is 1. The predicted octanol–water partition coefficient (Wildman–Crippen LogP) is 0.714. The highest BCUT2D eigenvalue weighted by molar-refractivity contribution is 7.91. The lowest BCUT2D eigenvalue weighted by atomic mass is 10.2. The first kappa shape index (κ1) is 16.9. The second-order valence-electron chi connectivity index (χ2n) is 6.23. The number of hydrogen-bond donors (Lipinski definition) is 1. The molecule has 2 heterocycles. The molecule has 1 N–H and O–H groups in total. The number of urea groups is 1. The number of benzene rings is 1. The zero-order chi connectivity index (χ0) is 17.2. The molecule has 0 bridgehead atoms. The summed E-state index contributed by atoms with van der Waals surface area (Å²) in [4.78, 5) is 16.3. The van der Waals surface area contributed by atoms with Crippen molar-refractivity contribution >= 4 is 21.6 Å². The molecule has 1 aromatic carbocycles. The van der Waals surface area contributed by atoms with Crippen LogP contribution in [0.25, 0.3) is 0 Å². The minimum Gasteiger partial charge on any atom is -0.497 e. The summed E-state index contributed by atoms with van der Waals surface area (Å²) in [6.07, 6.45) is 0.512. The van der Waals surface area contributed by atoms with Crippen LogP contribution in [0.4, 0.5) is 10.5 Å². The molecule has 1 atom stereocenters. The summed E-state index contributed by atoms with van der Waals surface area (Å²) in [7, 11) is -1.33. The highest BCUT2D eigenvalue weighted by Gasteiger charge is 2.30. The van der Waals surface area contributed by atoms with Gasteiger partial charge in [-0.05, 0) is 18.6 Å². The molecular weight excluding hydrogens is 330 g/mol. The van der Waals surface area contributed by atoms with Crippen LogP contribution in [0, 0.1) is 0 Å². The molecule has 1 aromatic rings. The normalized spacial score (nSPS) is 23.1. The van der Waals surface area contributed by atoms with Gasteiger partial charge in [-0.25, -0.2) is 13.2 Å². The van der Waals surface area contributed by atoms with Gasteiger partial charge in [0.05, 0.1) is 18.6 Å². The molecular formula is C16H23N3O4S. The lowest BCUT2D eigenvalue weighted by Crippen LogP contribution is -2.53. The van der Waals surface area contributed by atoms with E-state index in [4.69, 9.17) is 4.74 Å². The Bertz CT molecular complexity index is 699. The first-order chi connectivity index (χ1) is 11.5. The van der Waals surface area contributed by atoms with E-state index in [0.29, 0.717) is 19.5 Å². The Morgan fingerprint density at radius 1 is 1.25 bits per heavy atom. The quantitative estimate of drug-likeness (QED) is 0.866. The van der Waals surface area contributed by atoms with E-state index in [2.05, 4.69) is 10.2 Å². The van der Waals surface area contributed by atoms with Crippen molar-refractivity contribution in [3.8, 4) is 5.75 Å². The highest BCUT2D eigenvalue weighted by Crippen LogP contribution is 2.22. The van der Waals surface area contributed by atoms with Crippen LogP contribution >= 0.6 is 0 Å². The van der Waals surface area contributed by atoms with Gasteiger partial charge in [-0.1, -0.05) is 6.07 Å². The summed E-state index contributed by atoms with van der Waals surface area (Å²) < 4.78 is 28.2. The molecule has 1 unspecified atom stereocenters. The van der Waals surface area contributed by atoms with Crippen LogP contribution in [0.2, 0.25) is 0 Å². The molecule has 2 aliphatic heterocycles. The van der Waals surface area contributed by atoms with Crippen LogP contribution in [-0.2, 0) is 9.84 Å². The number of nitrogens with one attached hydrogen (secondary N) is 1. The number of amides is 2.